The first kappa shape index (κ1) is 19.3. The molecule has 0 spiro atoms. The first-order valence-corrected chi connectivity index (χ1v) is 9.80. The second kappa shape index (κ2) is 8.93. The molecule has 7 heteroatoms. The molecule has 3 rings (SSSR count). The maximum Gasteiger partial charge on any atom is 0.317 e. The van der Waals surface area contributed by atoms with Gasteiger partial charge in [-0.2, -0.15) is 0 Å². The van der Waals surface area contributed by atoms with Gasteiger partial charge < -0.3 is 19.9 Å². The van der Waals surface area contributed by atoms with Gasteiger partial charge in [-0.05, 0) is 31.7 Å². The molecule has 2 aliphatic rings. The number of urea groups is 1. The summed E-state index contributed by atoms with van der Waals surface area (Å²) in [6.07, 6.45) is 1.09. The Hall–Kier alpha value is -1.50. The maximum atomic E-state index is 12.3. The van der Waals surface area contributed by atoms with Gasteiger partial charge >= 0.3 is 6.03 Å². The van der Waals surface area contributed by atoms with Crippen LogP contribution in [0.1, 0.15) is 13.3 Å². The van der Waals surface area contributed by atoms with E-state index in [-0.39, 0.29) is 12.1 Å². The molecule has 0 unspecified atom stereocenters. The number of hydrogen-bond donors (Lipinski definition) is 1. The first-order chi connectivity index (χ1) is 12.5. The zero-order valence-corrected chi connectivity index (χ0v) is 16.4. The average Bonchev–Trinajstić information content (AvgIpc) is 2.59. The third-order valence-corrected chi connectivity index (χ3v) is 5.48. The number of likely N-dealkylation sites (N-methyl/N-ethyl adjacent to an activating group) is 1. The number of piperazine rings is 1. The number of halogens is 1. The summed E-state index contributed by atoms with van der Waals surface area (Å²) in [6, 6.07) is 7.78. The normalized spacial score (nSPS) is 20.5. The zero-order chi connectivity index (χ0) is 18.5. The van der Waals surface area contributed by atoms with Crippen molar-refractivity contribution in [2.75, 3.05) is 52.9 Å². The number of hydrogen-bond acceptors (Lipinski definition) is 4. The van der Waals surface area contributed by atoms with Crippen molar-refractivity contribution in [2.45, 2.75) is 25.5 Å². The molecule has 1 N–H and O–H groups in total. The molecule has 2 fully saturated rings. The second-order valence-electron chi connectivity index (χ2n) is 7.19. The van der Waals surface area contributed by atoms with Gasteiger partial charge in [0.2, 0.25) is 0 Å². The Morgan fingerprint density at radius 2 is 2.04 bits per heavy atom. The minimum Gasteiger partial charge on any atom is -0.487 e. The van der Waals surface area contributed by atoms with Gasteiger partial charge in [0, 0.05) is 43.8 Å². The summed E-state index contributed by atoms with van der Waals surface area (Å²) in [5.41, 5.74) is 0. The van der Waals surface area contributed by atoms with Crippen LogP contribution in [0.4, 0.5) is 4.79 Å². The number of carbonyl (C=O) groups excluding carboxylic acids is 1. The molecule has 6 nitrogen and oxygen atoms in total. The molecule has 2 saturated heterocycles. The van der Waals surface area contributed by atoms with Gasteiger partial charge in [0.05, 0.1) is 13.1 Å². The highest BCUT2D eigenvalue weighted by Crippen LogP contribution is 2.21. The van der Waals surface area contributed by atoms with Crippen LogP contribution in [0.5, 0.6) is 5.75 Å². The van der Waals surface area contributed by atoms with E-state index in [0.717, 1.165) is 38.3 Å². The molecule has 2 aliphatic heterocycles. The smallest absolute Gasteiger partial charge is 0.317 e. The fourth-order valence-corrected chi connectivity index (χ4v) is 3.63. The topological polar surface area (TPSA) is 48.1 Å². The van der Waals surface area contributed by atoms with E-state index in [1.165, 1.54) is 0 Å². The average molecular weight is 381 g/mol. The Labute approximate surface area is 161 Å². The molecule has 144 valence electrons. The van der Waals surface area contributed by atoms with Gasteiger partial charge in [-0.25, -0.2) is 4.79 Å². The lowest BCUT2D eigenvalue weighted by atomic mass is 10.1. The number of rotatable bonds is 6. The summed E-state index contributed by atoms with van der Waals surface area (Å²) in [4.78, 5) is 19.0. The van der Waals surface area contributed by atoms with Crippen molar-refractivity contribution in [1.82, 2.24) is 20.0 Å². The van der Waals surface area contributed by atoms with E-state index in [0.29, 0.717) is 30.7 Å². The molecule has 2 heterocycles. The van der Waals surface area contributed by atoms with Crippen molar-refractivity contribution in [3.8, 4) is 5.75 Å². The number of nitrogens with zero attached hydrogens (tertiary/aromatic N) is 3. The van der Waals surface area contributed by atoms with Crippen LogP contribution < -0.4 is 10.1 Å². The Morgan fingerprint density at radius 1 is 1.31 bits per heavy atom. The van der Waals surface area contributed by atoms with Gasteiger partial charge in [-0.15, -0.1) is 0 Å². The van der Waals surface area contributed by atoms with E-state index >= 15 is 0 Å². The Bertz CT molecular complexity index is 601. The van der Waals surface area contributed by atoms with Crippen molar-refractivity contribution in [3.63, 3.8) is 0 Å². The molecular weight excluding hydrogens is 352 g/mol. The third kappa shape index (κ3) is 5.02. The summed E-state index contributed by atoms with van der Waals surface area (Å²) in [6.45, 7) is 8.46. The van der Waals surface area contributed by atoms with Crippen LogP contribution in [-0.4, -0.2) is 85.7 Å². The van der Waals surface area contributed by atoms with Gasteiger partial charge in [-0.1, -0.05) is 24.6 Å². The number of likely N-dealkylation sites (tertiary alicyclic amines) is 1. The summed E-state index contributed by atoms with van der Waals surface area (Å²) in [5.74, 6) is 0.753. The fourth-order valence-electron chi connectivity index (χ4n) is 3.45. The van der Waals surface area contributed by atoms with Crippen molar-refractivity contribution in [3.05, 3.63) is 29.3 Å². The van der Waals surface area contributed by atoms with Crippen LogP contribution in [0.2, 0.25) is 5.02 Å². The molecule has 0 radical (unpaired) electrons. The number of nitrogens with one attached hydrogen (secondary N) is 1. The highest BCUT2D eigenvalue weighted by Gasteiger charge is 2.32. The lowest BCUT2D eigenvalue weighted by Gasteiger charge is -2.40. The Morgan fingerprint density at radius 3 is 2.69 bits per heavy atom. The number of carbonyl (C=O) groups is 1. The highest BCUT2D eigenvalue weighted by atomic mass is 35.5. The largest absolute Gasteiger partial charge is 0.487 e. The van der Waals surface area contributed by atoms with E-state index in [2.05, 4.69) is 29.1 Å². The molecular formula is C19H29ClN4O2. The molecule has 1 atom stereocenters. The van der Waals surface area contributed by atoms with E-state index in [4.69, 9.17) is 16.3 Å². The minimum atomic E-state index is 0.00326. The van der Waals surface area contributed by atoms with Gasteiger partial charge in [-0.3, -0.25) is 4.90 Å². The van der Waals surface area contributed by atoms with Crippen LogP contribution in [0, 0.1) is 0 Å². The third-order valence-electron chi connectivity index (χ3n) is 5.25. The summed E-state index contributed by atoms with van der Waals surface area (Å²) in [7, 11) is 2.16. The van der Waals surface area contributed by atoms with Crippen LogP contribution in [0.25, 0.3) is 0 Å². The van der Waals surface area contributed by atoms with Crippen LogP contribution in [-0.2, 0) is 0 Å². The number of benzene rings is 1. The van der Waals surface area contributed by atoms with Crippen molar-refractivity contribution in [2.24, 2.45) is 0 Å². The predicted molar refractivity (Wildman–Crippen MR) is 104 cm³/mol. The van der Waals surface area contributed by atoms with E-state index in [9.17, 15) is 4.79 Å². The molecule has 0 bridgehead atoms. The number of ether oxygens (including phenoxy) is 1. The van der Waals surface area contributed by atoms with Gasteiger partial charge in [0.1, 0.15) is 11.9 Å². The van der Waals surface area contributed by atoms with Crippen LogP contribution in [0.3, 0.4) is 0 Å². The van der Waals surface area contributed by atoms with Gasteiger partial charge in [0.25, 0.3) is 0 Å². The minimum absolute atomic E-state index is 0.00326. The van der Waals surface area contributed by atoms with Crippen molar-refractivity contribution < 1.29 is 9.53 Å². The quantitative estimate of drug-likeness (QED) is 0.821. The highest BCUT2D eigenvalue weighted by molar-refractivity contribution is 6.30. The lowest BCUT2D eigenvalue weighted by molar-refractivity contribution is 0.0429. The van der Waals surface area contributed by atoms with Crippen molar-refractivity contribution >= 4 is 17.6 Å². The Balaban J connectivity index is 1.38. The summed E-state index contributed by atoms with van der Waals surface area (Å²) < 4.78 is 5.84. The molecule has 0 saturated carbocycles. The summed E-state index contributed by atoms with van der Waals surface area (Å²) >= 11 is 5.96. The van der Waals surface area contributed by atoms with Crippen LogP contribution in [0.15, 0.2) is 24.3 Å². The van der Waals surface area contributed by atoms with E-state index in [1.54, 1.807) is 11.0 Å². The molecule has 26 heavy (non-hydrogen) atoms. The first-order valence-electron chi connectivity index (χ1n) is 9.42. The molecule has 1 aromatic rings. The van der Waals surface area contributed by atoms with Gasteiger partial charge in [0.15, 0.2) is 0 Å². The second-order valence-corrected chi connectivity index (χ2v) is 7.63. The SMILES string of the molecule is CC[C@H](CNC(=O)N1CC(Oc2cccc(Cl)c2)C1)N1CCN(C)CC1. The van der Waals surface area contributed by atoms with E-state index in [1.807, 2.05) is 18.2 Å². The maximum absolute atomic E-state index is 12.3. The predicted octanol–water partition coefficient (Wildman–Crippen LogP) is 2.14. The molecule has 1 aromatic carbocycles. The Kier molecular flexibility index (Phi) is 6.62. The molecule has 2 amide bonds. The number of amides is 2. The van der Waals surface area contributed by atoms with Crippen molar-refractivity contribution in [1.29, 1.82) is 0 Å². The molecule has 0 aliphatic carbocycles. The fraction of sp³-hybridized carbons (Fsp3) is 0.632. The monoisotopic (exact) mass is 380 g/mol. The summed E-state index contributed by atoms with van der Waals surface area (Å²) in [5, 5.41) is 3.75. The molecule has 0 aromatic heterocycles. The standard InChI is InChI=1S/C19H29ClN4O2/c1-3-16(23-9-7-22(2)8-10-23)12-21-19(25)24-13-18(14-24)26-17-6-4-5-15(20)11-17/h4-6,11,16,18H,3,7-10,12-14H2,1-2H3,(H,21,25)/t16-/m1/s1. The van der Waals surface area contributed by atoms with Crippen LogP contribution >= 0.6 is 11.6 Å². The zero-order valence-electron chi connectivity index (χ0n) is 15.7. The van der Waals surface area contributed by atoms with E-state index < -0.39 is 0 Å². The lowest BCUT2D eigenvalue weighted by Crippen LogP contribution is -2.60.